The minimum Gasteiger partial charge on any atom is -0.481 e. The summed E-state index contributed by atoms with van der Waals surface area (Å²) in [6.45, 7) is 29.2. The smallest absolute Gasteiger partial charge is 0.331 e. The van der Waals surface area contributed by atoms with Gasteiger partial charge in [-0.05, 0) is 192 Å². The summed E-state index contributed by atoms with van der Waals surface area (Å²) in [6.07, 6.45) is 26.4. The van der Waals surface area contributed by atoms with Crippen LogP contribution in [0.1, 0.15) is 210 Å². The Morgan fingerprint density at radius 1 is 0.269 bits per heavy atom. The molecule has 0 aliphatic carbocycles. The highest BCUT2D eigenvalue weighted by Gasteiger charge is 2.16. The molecule has 732 valence electrons. The number of carbonyl (C=O) groups excluding carboxylic acids is 19. The van der Waals surface area contributed by atoms with Crippen LogP contribution in [0.2, 0.25) is 0 Å². The van der Waals surface area contributed by atoms with E-state index in [0.717, 1.165) is 66.8 Å². The number of aliphatic carboxylic acids is 9. The number of rotatable bonds is 38. The minimum absolute atomic E-state index is 0.0143. The molecule has 0 saturated heterocycles. The first-order valence-electron chi connectivity index (χ1n) is 37.3. The maximum absolute atomic E-state index is 10.4. The maximum Gasteiger partial charge on any atom is 0.331 e. The highest BCUT2D eigenvalue weighted by molar-refractivity contribution is 6.00. The van der Waals surface area contributed by atoms with Gasteiger partial charge in [-0.3, -0.25) is 81.5 Å². The van der Waals surface area contributed by atoms with Crippen LogP contribution in [0.15, 0.2) is 132 Å². The number of Topliss-reactive ketones (excluding diaryl/α,β-unsaturated/α-hetero) is 6. The van der Waals surface area contributed by atoms with Crippen LogP contribution >= 0.6 is 0 Å². The Labute approximate surface area is 754 Å². The fraction of sp³-hybridized carbons (Fsp3) is 0.432. The number of carbonyl (C=O) groups is 28. The van der Waals surface area contributed by atoms with Gasteiger partial charge in [0.15, 0.2) is 63.6 Å². The standard InChI is InChI=1S/2C7H10O.C6H10O4.C6H10O3.C6H8O3.C6H10O3.3C6H8O3.C6H10O3.C6H8O3.2C5H8O3.2C5H6O3/c2*1-3-4-5-6-7(2)8;1-4(6(8)9)3-5(7)10-2;2*1-5(7)3-4-6(8)9-2;4*1-4(6(8)9)3-5(2)7;2*1-5(8)2-3-6(9)4-7;4*1-4(6)2-3-5(7)8/h2*3-6H,1-2H3;4H,3H2,1-2H3,(H,8,9);3-4H2,1-2H3;3-4H,1-2H3;4H,3H2,1-2H3,(H,8,9);3*3H,1-2H3,(H,8,9);7H,2-4H2,1H3;2-3,7H,4H2,1H3;2*2-3H2,1H3,(H,7,8);2*2-3H,1H3,(H,7,8)/b2*4-3+,6-5+;;;4-3+;;3*4-3+;;3-2+;;;2*3-2+. The van der Waals surface area contributed by atoms with Crippen LogP contribution in [-0.4, -0.2) is 255 Å². The third-order valence-corrected chi connectivity index (χ3v) is 11.1. The van der Waals surface area contributed by atoms with Gasteiger partial charge in [0.1, 0.15) is 42.1 Å². The van der Waals surface area contributed by atoms with E-state index in [1.807, 2.05) is 38.2 Å². The van der Waals surface area contributed by atoms with Crippen LogP contribution in [0.3, 0.4) is 0 Å². The Morgan fingerprint density at radius 2 is 0.531 bits per heavy atom. The van der Waals surface area contributed by atoms with Crippen molar-refractivity contribution in [2.75, 3.05) is 34.5 Å². The molecule has 2 unspecified atom stereocenters. The van der Waals surface area contributed by atoms with Crippen LogP contribution in [0.4, 0.5) is 0 Å². The summed E-state index contributed by atoms with van der Waals surface area (Å²) in [5, 5.41) is 89.4. The summed E-state index contributed by atoms with van der Waals surface area (Å²) in [5.74, 6) is -14.0. The van der Waals surface area contributed by atoms with Crippen LogP contribution in [0.25, 0.3) is 0 Å². The molecule has 0 fully saturated rings. The normalized spacial score (nSPS) is 10.3. The van der Waals surface area contributed by atoms with Crippen LogP contribution in [-0.2, 0) is 148 Å². The van der Waals surface area contributed by atoms with Gasteiger partial charge in [-0.1, -0.05) is 50.3 Å². The molecule has 0 aliphatic rings. The molecule has 2 atom stereocenters. The number of aliphatic hydroxyl groups excluding tert-OH is 2. The zero-order valence-electron chi connectivity index (χ0n) is 77.7. The van der Waals surface area contributed by atoms with E-state index in [1.54, 1.807) is 12.2 Å². The monoisotopic (exact) mass is 1860 g/mol. The van der Waals surface area contributed by atoms with Crippen LogP contribution < -0.4 is 0 Å². The average molecular weight is 1860 g/mol. The fourth-order valence-corrected chi connectivity index (χ4v) is 4.88. The van der Waals surface area contributed by atoms with Gasteiger partial charge in [0, 0.05) is 73.5 Å². The highest BCUT2D eigenvalue weighted by atomic mass is 16.5. The number of ether oxygens (including phenoxy) is 3. The lowest BCUT2D eigenvalue weighted by atomic mass is 10.1. The molecule has 0 bridgehead atoms. The zero-order valence-corrected chi connectivity index (χ0v) is 77.7. The van der Waals surface area contributed by atoms with Gasteiger partial charge in [0.05, 0.1) is 58.8 Å². The zero-order chi connectivity index (χ0) is 106. The maximum atomic E-state index is 10.4. The van der Waals surface area contributed by atoms with Crippen molar-refractivity contribution in [1.29, 1.82) is 0 Å². The first-order valence-corrected chi connectivity index (χ1v) is 37.3. The van der Waals surface area contributed by atoms with Gasteiger partial charge in [-0.2, -0.15) is 0 Å². The molecular weight excluding hydrogens is 1730 g/mol. The number of hydrogen-bond acceptors (Lipinski definition) is 33. The van der Waals surface area contributed by atoms with E-state index in [2.05, 4.69) is 14.2 Å². The number of allylic oxidation sites excluding steroid dienone is 15. The second-order valence-corrected chi connectivity index (χ2v) is 24.9. The summed E-state index contributed by atoms with van der Waals surface area (Å²) >= 11 is 0. The van der Waals surface area contributed by atoms with E-state index in [1.165, 1.54) is 165 Å². The van der Waals surface area contributed by atoms with Crippen molar-refractivity contribution in [3.05, 3.63) is 132 Å². The third kappa shape index (κ3) is 196. The van der Waals surface area contributed by atoms with Gasteiger partial charge in [0.2, 0.25) is 0 Å². The minimum atomic E-state index is -1.10. The van der Waals surface area contributed by atoms with Crippen molar-refractivity contribution in [2.24, 2.45) is 11.8 Å². The summed E-state index contributed by atoms with van der Waals surface area (Å²) < 4.78 is 12.8. The number of carboxylic acid groups (broad SMARTS) is 9. The quantitative estimate of drug-likeness (QED) is 0.0121. The second kappa shape index (κ2) is 105. The third-order valence-electron chi connectivity index (χ3n) is 11.1. The molecule has 0 spiro atoms. The van der Waals surface area contributed by atoms with Gasteiger partial charge in [0.25, 0.3) is 0 Å². The molecule has 42 nitrogen and oxygen atoms in total. The SMILES string of the molecule is C/C=C/C=C/C(C)=O.C/C=C/C=C/C(C)=O.CC(=O)/C=C(\C)C(=O)O.CC(=O)/C=C(\C)C(=O)O.CC(=O)/C=C(\C)C(=O)O.CC(=O)/C=C/C(=O)CO.CC(=O)/C=C/C(=O)O.CC(=O)/C=C/C(=O)O.CC(=O)CC(C)C(=O)O.CC(=O)CCC(=O)CO.CC(=O)CCC(=O)O.CC(=O)CCC(=O)O.COC(=O)/C=C/C(C)=O.COC(=O)CC(C)C(=O)O.COC(=O)CCC(C)=O. The Bertz CT molecular complexity index is 3670. The molecule has 0 aromatic heterocycles. The summed E-state index contributed by atoms with van der Waals surface area (Å²) in [6, 6.07) is 0. The van der Waals surface area contributed by atoms with Gasteiger partial charge >= 0.3 is 71.6 Å². The highest BCUT2D eigenvalue weighted by Crippen LogP contribution is 2.03. The number of aliphatic hydroxyl groups is 2. The summed E-state index contributed by atoms with van der Waals surface area (Å²) in [7, 11) is 3.80. The molecule has 0 saturated carbocycles. The topological polar surface area (TPSA) is 728 Å². The molecule has 0 aromatic rings. The van der Waals surface area contributed by atoms with E-state index >= 15 is 0 Å². The predicted molar refractivity (Wildman–Crippen MR) is 469 cm³/mol. The molecule has 130 heavy (non-hydrogen) atoms. The molecule has 0 heterocycles. The molecule has 0 rings (SSSR count). The number of carboxylic acids is 9. The second-order valence-electron chi connectivity index (χ2n) is 24.9. The molecule has 42 heteroatoms. The Morgan fingerprint density at radius 3 is 0.700 bits per heavy atom. The molecule has 0 aliphatic heterocycles. The Hall–Kier alpha value is -14.6. The number of ketones is 16. The molecule has 0 radical (unpaired) electrons. The van der Waals surface area contributed by atoms with Crippen molar-refractivity contribution in [3.8, 4) is 0 Å². The van der Waals surface area contributed by atoms with Crippen molar-refractivity contribution in [2.45, 2.75) is 210 Å². The van der Waals surface area contributed by atoms with Crippen LogP contribution in [0, 0.1) is 11.8 Å². The van der Waals surface area contributed by atoms with Crippen molar-refractivity contribution in [1.82, 2.24) is 0 Å². The van der Waals surface area contributed by atoms with Crippen LogP contribution in [0.5, 0.6) is 0 Å². The van der Waals surface area contributed by atoms with E-state index in [9.17, 15) is 134 Å². The first-order chi connectivity index (χ1) is 59.4. The number of methoxy groups -OCH3 is 3. The molecule has 0 aromatic carbocycles. The molecular formula is C88H128O42. The van der Waals surface area contributed by atoms with E-state index in [0.29, 0.717) is 0 Å². The van der Waals surface area contributed by atoms with Crippen molar-refractivity contribution in [3.63, 3.8) is 0 Å². The fourth-order valence-electron chi connectivity index (χ4n) is 4.88. The lowest BCUT2D eigenvalue weighted by Crippen LogP contribution is -2.15. The van der Waals surface area contributed by atoms with Gasteiger partial charge < -0.3 is 94.4 Å². The van der Waals surface area contributed by atoms with E-state index in [-0.39, 0.29) is 174 Å². The van der Waals surface area contributed by atoms with E-state index in [4.69, 9.17) is 56.2 Å². The largest absolute Gasteiger partial charge is 0.481 e. The van der Waals surface area contributed by atoms with Gasteiger partial charge in [-0.25, -0.2) is 28.8 Å². The van der Waals surface area contributed by atoms with Crippen molar-refractivity contribution >= 4 is 164 Å². The summed E-state index contributed by atoms with van der Waals surface area (Å²) in [4.78, 5) is 283. The van der Waals surface area contributed by atoms with E-state index < -0.39 is 96.5 Å². The van der Waals surface area contributed by atoms with Gasteiger partial charge in [-0.15, -0.1) is 0 Å². The summed E-state index contributed by atoms with van der Waals surface area (Å²) in [5.41, 5.74) is 0.215. The molecule has 11 N–H and O–H groups in total. The Balaban J connectivity index is -0.0000000839. The first kappa shape index (κ1) is 150. The molecule has 0 amide bonds. The lowest BCUT2D eigenvalue weighted by molar-refractivity contribution is -0.149. The predicted octanol–water partition coefficient (Wildman–Crippen LogP) is 7.95. The average Bonchev–Trinajstić information content (AvgIpc) is 0.976. The lowest BCUT2D eigenvalue weighted by Gasteiger charge is -2.02. The Kier molecular flexibility index (Phi) is 121. The number of hydrogen-bond donors (Lipinski definition) is 11. The van der Waals surface area contributed by atoms with Crippen molar-refractivity contribution < 1.29 is 205 Å². The number of esters is 3.